The highest BCUT2D eigenvalue weighted by molar-refractivity contribution is 5.77. The second-order valence-electron chi connectivity index (χ2n) is 3.91. The summed E-state index contributed by atoms with van der Waals surface area (Å²) in [6.07, 6.45) is 0.857. The third-order valence-corrected chi connectivity index (χ3v) is 2.62. The van der Waals surface area contributed by atoms with Crippen LogP contribution in [-0.2, 0) is 6.61 Å². The highest BCUT2D eigenvalue weighted by Gasteiger charge is 2.00. The quantitative estimate of drug-likeness (QED) is 0.747. The normalized spacial score (nSPS) is 9.94. The molecule has 0 aliphatic carbocycles. The Morgan fingerprint density at radius 3 is 2.53 bits per heavy atom. The van der Waals surface area contributed by atoms with Crippen molar-refractivity contribution in [2.45, 2.75) is 13.5 Å². The maximum Gasteiger partial charge on any atom is 0.150 e. The van der Waals surface area contributed by atoms with Crippen LogP contribution < -0.4 is 4.74 Å². The first kappa shape index (κ1) is 11.4. The molecule has 86 valence electrons. The Morgan fingerprint density at radius 1 is 1.12 bits per heavy atom. The molecule has 0 aliphatic heterocycles. The summed E-state index contributed by atoms with van der Waals surface area (Å²) in [5.41, 5.74) is 2.77. The summed E-state index contributed by atoms with van der Waals surface area (Å²) in [6, 6.07) is 15.5. The standard InChI is InChI=1S/C15H14O2/c1-12-9-15(8-7-14(12)10-16)17-11-13-5-3-2-4-6-13/h2-10H,11H2,1H3. The number of aryl methyl sites for hydroxylation is 1. The first-order valence-corrected chi connectivity index (χ1v) is 5.52. The van der Waals surface area contributed by atoms with Gasteiger partial charge in [-0.15, -0.1) is 0 Å². The molecule has 0 saturated carbocycles. The van der Waals surface area contributed by atoms with Gasteiger partial charge in [-0.3, -0.25) is 4.79 Å². The lowest BCUT2D eigenvalue weighted by molar-refractivity contribution is 0.112. The lowest BCUT2D eigenvalue weighted by atomic mass is 10.1. The van der Waals surface area contributed by atoms with Crippen molar-refractivity contribution in [3.63, 3.8) is 0 Å². The fraction of sp³-hybridized carbons (Fsp3) is 0.133. The molecular weight excluding hydrogens is 212 g/mol. The predicted molar refractivity (Wildman–Crippen MR) is 67.3 cm³/mol. The summed E-state index contributed by atoms with van der Waals surface area (Å²) in [4.78, 5) is 10.7. The molecule has 0 amide bonds. The van der Waals surface area contributed by atoms with Gasteiger partial charge in [-0.1, -0.05) is 30.3 Å². The zero-order chi connectivity index (χ0) is 12.1. The zero-order valence-electron chi connectivity index (χ0n) is 9.72. The third-order valence-electron chi connectivity index (χ3n) is 2.62. The summed E-state index contributed by atoms with van der Waals surface area (Å²) in [5.74, 6) is 0.789. The molecule has 0 aromatic heterocycles. The average molecular weight is 226 g/mol. The Balaban J connectivity index is 2.05. The van der Waals surface area contributed by atoms with E-state index in [0.29, 0.717) is 12.2 Å². The topological polar surface area (TPSA) is 26.3 Å². The van der Waals surface area contributed by atoms with E-state index in [1.54, 1.807) is 6.07 Å². The molecule has 17 heavy (non-hydrogen) atoms. The lowest BCUT2D eigenvalue weighted by Gasteiger charge is -2.07. The van der Waals surface area contributed by atoms with Crippen molar-refractivity contribution >= 4 is 6.29 Å². The molecule has 0 spiro atoms. The van der Waals surface area contributed by atoms with E-state index in [1.165, 1.54) is 0 Å². The van der Waals surface area contributed by atoms with E-state index in [9.17, 15) is 4.79 Å². The van der Waals surface area contributed by atoms with E-state index in [-0.39, 0.29) is 0 Å². The van der Waals surface area contributed by atoms with Crippen LogP contribution in [0.25, 0.3) is 0 Å². The molecule has 2 aromatic carbocycles. The maximum atomic E-state index is 10.7. The molecule has 0 aliphatic rings. The van der Waals surface area contributed by atoms with Crippen molar-refractivity contribution in [1.29, 1.82) is 0 Å². The minimum Gasteiger partial charge on any atom is -0.489 e. The van der Waals surface area contributed by atoms with E-state index in [2.05, 4.69) is 0 Å². The number of aldehydes is 1. The smallest absolute Gasteiger partial charge is 0.150 e. The largest absolute Gasteiger partial charge is 0.489 e. The van der Waals surface area contributed by atoms with Crippen LogP contribution in [0, 0.1) is 6.92 Å². The molecule has 0 N–H and O–H groups in total. The van der Waals surface area contributed by atoms with Gasteiger partial charge >= 0.3 is 0 Å². The molecule has 0 bridgehead atoms. The minimum absolute atomic E-state index is 0.542. The van der Waals surface area contributed by atoms with Gasteiger partial charge in [0.25, 0.3) is 0 Å². The number of hydrogen-bond acceptors (Lipinski definition) is 2. The molecule has 2 heteroatoms. The van der Waals surface area contributed by atoms with Crippen LogP contribution in [0.4, 0.5) is 0 Å². The van der Waals surface area contributed by atoms with Crippen molar-refractivity contribution in [2.24, 2.45) is 0 Å². The van der Waals surface area contributed by atoms with Crippen LogP contribution in [0.2, 0.25) is 0 Å². The number of carbonyl (C=O) groups excluding carboxylic acids is 1. The van der Waals surface area contributed by atoms with Gasteiger partial charge in [0, 0.05) is 5.56 Å². The molecule has 2 rings (SSSR count). The molecule has 0 unspecified atom stereocenters. The average Bonchev–Trinajstić information content (AvgIpc) is 2.38. The summed E-state index contributed by atoms with van der Waals surface area (Å²) in [5, 5.41) is 0. The van der Waals surface area contributed by atoms with Gasteiger partial charge in [0.15, 0.2) is 0 Å². The van der Waals surface area contributed by atoms with Crippen molar-refractivity contribution < 1.29 is 9.53 Å². The van der Waals surface area contributed by atoms with Gasteiger partial charge in [0.1, 0.15) is 18.6 Å². The molecule has 0 atom stereocenters. The van der Waals surface area contributed by atoms with Crippen molar-refractivity contribution in [3.8, 4) is 5.75 Å². The number of hydrogen-bond donors (Lipinski definition) is 0. The summed E-state index contributed by atoms with van der Waals surface area (Å²) >= 11 is 0. The maximum absolute atomic E-state index is 10.7. The molecule has 2 nitrogen and oxygen atoms in total. The van der Waals surface area contributed by atoms with E-state index in [4.69, 9.17) is 4.74 Å². The van der Waals surface area contributed by atoms with E-state index in [1.807, 2.05) is 49.4 Å². The van der Waals surface area contributed by atoms with Crippen LogP contribution >= 0.6 is 0 Å². The number of benzene rings is 2. The lowest BCUT2D eigenvalue weighted by Crippen LogP contribution is -1.96. The SMILES string of the molecule is Cc1cc(OCc2ccccc2)ccc1C=O. The Kier molecular flexibility index (Phi) is 3.55. The summed E-state index contributed by atoms with van der Waals surface area (Å²) in [6.45, 7) is 2.44. The Labute approximate surface area is 101 Å². The van der Waals surface area contributed by atoms with Gasteiger partial charge in [-0.2, -0.15) is 0 Å². The Hall–Kier alpha value is -2.09. The second-order valence-corrected chi connectivity index (χ2v) is 3.91. The van der Waals surface area contributed by atoms with Crippen LogP contribution in [-0.4, -0.2) is 6.29 Å². The van der Waals surface area contributed by atoms with Gasteiger partial charge in [0.05, 0.1) is 0 Å². The predicted octanol–water partition coefficient (Wildman–Crippen LogP) is 3.39. The Morgan fingerprint density at radius 2 is 1.88 bits per heavy atom. The minimum atomic E-state index is 0.542. The molecule has 0 heterocycles. The van der Waals surface area contributed by atoms with Crippen molar-refractivity contribution in [3.05, 3.63) is 65.2 Å². The van der Waals surface area contributed by atoms with E-state index in [0.717, 1.165) is 23.2 Å². The molecular formula is C15H14O2. The van der Waals surface area contributed by atoms with Gasteiger partial charge in [0.2, 0.25) is 0 Å². The molecule has 0 fully saturated rings. The first-order chi connectivity index (χ1) is 8.29. The van der Waals surface area contributed by atoms with Gasteiger partial charge < -0.3 is 4.74 Å². The third kappa shape index (κ3) is 2.94. The number of carbonyl (C=O) groups is 1. The molecule has 2 aromatic rings. The Bertz CT molecular complexity index is 504. The van der Waals surface area contributed by atoms with Crippen LogP contribution in [0.5, 0.6) is 5.75 Å². The van der Waals surface area contributed by atoms with E-state index < -0.39 is 0 Å². The number of rotatable bonds is 4. The number of ether oxygens (including phenoxy) is 1. The zero-order valence-corrected chi connectivity index (χ0v) is 9.72. The summed E-state index contributed by atoms with van der Waals surface area (Å²) < 4.78 is 5.66. The van der Waals surface area contributed by atoms with Crippen molar-refractivity contribution in [2.75, 3.05) is 0 Å². The highest BCUT2D eigenvalue weighted by Crippen LogP contribution is 2.17. The highest BCUT2D eigenvalue weighted by atomic mass is 16.5. The van der Waals surface area contributed by atoms with Gasteiger partial charge in [-0.25, -0.2) is 0 Å². The van der Waals surface area contributed by atoms with Crippen molar-refractivity contribution in [1.82, 2.24) is 0 Å². The van der Waals surface area contributed by atoms with E-state index >= 15 is 0 Å². The van der Waals surface area contributed by atoms with Gasteiger partial charge in [-0.05, 0) is 36.2 Å². The monoisotopic (exact) mass is 226 g/mol. The molecule has 0 radical (unpaired) electrons. The van der Waals surface area contributed by atoms with Crippen LogP contribution in [0.15, 0.2) is 48.5 Å². The first-order valence-electron chi connectivity index (χ1n) is 5.52. The summed E-state index contributed by atoms with van der Waals surface area (Å²) in [7, 11) is 0. The second kappa shape index (κ2) is 5.30. The fourth-order valence-electron chi connectivity index (χ4n) is 1.61. The van der Waals surface area contributed by atoms with Crippen LogP contribution in [0.3, 0.4) is 0 Å². The molecule has 0 saturated heterocycles. The fourth-order valence-corrected chi connectivity index (χ4v) is 1.61. The van der Waals surface area contributed by atoms with Crippen LogP contribution in [0.1, 0.15) is 21.5 Å².